The van der Waals surface area contributed by atoms with E-state index in [1.807, 2.05) is 24.8 Å². The van der Waals surface area contributed by atoms with Crippen LogP contribution in [0.15, 0.2) is 47.5 Å². The highest BCUT2D eigenvalue weighted by atomic mass is 19.4. The lowest BCUT2D eigenvalue weighted by atomic mass is 9.87. The number of halogens is 4. The molecule has 0 spiro atoms. The van der Waals surface area contributed by atoms with E-state index >= 15 is 0 Å². The number of benzene rings is 1. The molecule has 0 unspecified atom stereocenters. The van der Waals surface area contributed by atoms with Crippen molar-refractivity contribution in [1.82, 2.24) is 19.5 Å². The normalized spacial score (nSPS) is 14.9. The van der Waals surface area contributed by atoms with Crippen molar-refractivity contribution in [2.24, 2.45) is 0 Å². The van der Waals surface area contributed by atoms with Gasteiger partial charge in [-0.25, -0.2) is 9.37 Å². The molecule has 3 aromatic heterocycles. The number of anilines is 1. The van der Waals surface area contributed by atoms with E-state index in [1.165, 1.54) is 22.9 Å². The highest BCUT2D eigenvalue weighted by Gasteiger charge is 2.35. The number of fused-ring (bicyclic) bond motifs is 1. The van der Waals surface area contributed by atoms with Crippen LogP contribution in [0.5, 0.6) is 0 Å². The average molecular weight is 526 g/mol. The van der Waals surface area contributed by atoms with Gasteiger partial charge in [-0.3, -0.25) is 19.3 Å². The fourth-order valence-corrected chi connectivity index (χ4v) is 5.46. The molecule has 198 valence electrons. The summed E-state index contributed by atoms with van der Waals surface area (Å²) in [7, 11) is 0. The van der Waals surface area contributed by atoms with Crippen LogP contribution in [0.25, 0.3) is 11.2 Å². The Morgan fingerprint density at radius 2 is 1.76 bits per heavy atom. The van der Waals surface area contributed by atoms with E-state index in [2.05, 4.69) is 15.0 Å². The van der Waals surface area contributed by atoms with Gasteiger partial charge in [-0.15, -0.1) is 0 Å². The van der Waals surface area contributed by atoms with Gasteiger partial charge in [0.1, 0.15) is 11.3 Å². The first-order valence-electron chi connectivity index (χ1n) is 12.4. The van der Waals surface area contributed by atoms with Gasteiger partial charge < -0.3 is 4.90 Å². The molecular formula is C28H27F4N5O. The molecule has 0 bridgehead atoms. The van der Waals surface area contributed by atoms with Crippen LogP contribution in [0.3, 0.4) is 0 Å². The average Bonchev–Trinajstić information content (AvgIpc) is 2.87. The zero-order valence-corrected chi connectivity index (χ0v) is 21.3. The first-order valence-corrected chi connectivity index (χ1v) is 12.4. The molecule has 1 fully saturated rings. The maximum Gasteiger partial charge on any atom is 0.418 e. The van der Waals surface area contributed by atoms with Crippen LogP contribution in [-0.4, -0.2) is 32.6 Å². The van der Waals surface area contributed by atoms with Gasteiger partial charge >= 0.3 is 6.18 Å². The van der Waals surface area contributed by atoms with Gasteiger partial charge in [-0.05, 0) is 68.9 Å². The Hall–Kier alpha value is -3.82. The topological polar surface area (TPSA) is 63.9 Å². The highest BCUT2D eigenvalue weighted by Crippen LogP contribution is 2.35. The molecule has 0 aliphatic carbocycles. The standard InChI is InChI=1S/C28H27F4N5O/c1-16-6-4-8-21(29)25(16)36-12-9-19(10-13-36)23-18(3)24-26(35-17(2)14-34-24)37(27(23)38)15-22-20(28(30,31)32)7-5-11-33-22/h4-8,11,14,19H,9-10,12-13,15H2,1-3H3. The Bertz CT molecular complexity index is 1550. The largest absolute Gasteiger partial charge is 0.418 e. The van der Waals surface area contributed by atoms with Crippen LogP contribution in [0.1, 0.15) is 52.4 Å². The summed E-state index contributed by atoms with van der Waals surface area (Å²) in [6.07, 6.45) is -0.572. The van der Waals surface area contributed by atoms with Crippen molar-refractivity contribution in [2.45, 2.75) is 52.3 Å². The molecule has 0 amide bonds. The Balaban J connectivity index is 1.57. The molecule has 4 aromatic rings. The summed E-state index contributed by atoms with van der Waals surface area (Å²) in [4.78, 5) is 28.9. The number of hydrogen-bond acceptors (Lipinski definition) is 5. The summed E-state index contributed by atoms with van der Waals surface area (Å²) in [5, 5.41) is 0. The summed E-state index contributed by atoms with van der Waals surface area (Å²) in [6.45, 7) is 6.09. The van der Waals surface area contributed by atoms with Gasteiger partial charge in [0.25, 0.3) is 5.56 Å². The van der Waals surface area contributed by atoms with E-state index in [-0.39, 0.29) is 29.6 Å². The van der Waals surface area contributed by atoms with Crippen LogP contribution in [0.2, 0.25) is 0 Å². The van der Waals surface area contributed by atoms with E-state index in [4.69, 9.17) is 0 Å². The minimum Gasteiger partial charge on any atom is -0.369 e. The van der Waals surface area contributed by atoms with E-state index in [1.54, 1.807) is 19.2 Å². The third-order valence-corrected chi connectivity index (χ3v) is 7.28. The molecule has 1 saturated heterocycles. The number of rotatable bonds is 4. The Morgan fingerprint density at radius 1 is 1.03 bits per heavy atom. The van der Waals surface area contributed by atoms with Crippen LogP contribution < -0.4 is 10.5 Å². The van der Waals surface area contributed by atoms with E-state index in [9.17, 15) is 22.4 Å². The zero-order valence-electron chi connectivity index (χ0n) is 21.3. The lowest BCUT2D eigenvalue weighted by Crippen LogP contribution is -2.37. The molecule has 1 aromatic carbocycles. The first-order chi connectivity index (χ1) is 18.1. The first kappa shape index (κ1) is 25.8. The molecule has 0 radical (unpaired) electrons. The quantitative estimate of drug-likeness (QED) is 0.320. The number of nitrogens with zero attached hydrogens (tertiary/aromatic N) is 5. The van der Waals surface area contributed by atoms with Crippen molar-refractivity contribution < 1.29 is 17.6 Å². The number of alkyl halides is 3. The summed E-state index contributed by atoms with van der Waals surface area (Å²) in [5.41, 5.74) is 2.30. The minimum absolute atomic E-state index is 0.157. The minimum atomic E-state index is -4.62. The Labute approximate surface area is 217 Å². The smallest absolute Gasteiger partial charge is 0.369 e. The molecule has 0 atom stereocenters. The molecule has 6 nitrogen and oxygen atoms in total. The summed E-state index contributed by atoms with van der Waals surface area (Å²) in [6, 6.07) is 7.17. The summed E-state index contributed by atoms with van der Waals surface area (Å²) < 4.78 is 57.0. The number of hydrogen-bond donors (Lipinski definition) is 0. The van der Waals surface area contributed by atoms with Gasteiger partial charge in [0, 0.05) is 31.0 Å². The Morgan fingerprint density at radius 3 is 2.45 bits per heavy atom. The van der Waals surface area contributed by atoms with Crippen LogP contribution >= 0.6 is 0 Å². The van der Waals surface area contributed by atoms with Crippen LogP contribution in [-0.2, 0) is 12.7 Å². The van der Waals surface area contributed by atoms with E-state index < -0.39 is 17.3 Å². The fourth-order valence-electron chi connectivity index (χ4n) is 5.46. The lowest BCUT2D eigenvalue weighted by molar-refractivity contribution is -0.138. The lowest BCUT2D eigenvalue weighted by Gasteiger charge is -2.35. The highest BCUT2D eigenvalue weighted by molar-refractivity contribution is 5.76. The molecule has 1 aliphatic heterocycles. The van der Waals surface area contributed by atoms with Gasteiger partial charge in [-0.1, -0.05) is 12.1 Å². The monoisotopic (exact) mass is 525 g/mol. The second-order valence-electron chi connectivity index (χ2n) is 9.78. The predicted octanol–water partition coefficient (Wildman–Crippen LogP) is 5.70. The molecule has 0 saturated carbocycles. The molecule has 38 heavy (non-hydrogen) atoms. The van der Waals surface area contributed by atoms with Crippen molar-refractivity contribution in [1.29, 1.82) is 0 Å². The van der Waals surface area contributed by atoms with Crippen LogP contribution in [0, 0.1) is 26.6 Å². The van der Waals surface area contributed by atoms with Gasteiger partial charge in [0.2, 0.25) is 0 Å². The maximum atomic E-state index is 14.6. The summed E-state index contributed by atoms with van der Waals surface area (Å²) in [5.74, 6) is -0.440. The maximum absolute atomic E-state index is 14.6. The Kier molecular flexibility index (Phi) is 6.66. The van der Waals surface area contributed by atoms with Crippen molar-refractivity contribution in [2.75, 3.05) is 18.0 Å². The van der Waals surface area contributed by atoms with Crippen LogP contribution in [0.4, 0.5) is 23.2 Å². The van der Waals surface area contributed by atoms with E-state index in [0.29, 0.717) is 54.0 Å². The number of aryl methyl sites for hydroxylation is 3. The molecule has 5 rings (SSSR count). The zero-order chi connectivity index (χ0) is 27.2. The van der Waals surface area contributed by atoms with Gasteiger partial charge in [-0.2, -0.15) is 13.2 Å². The number of aromatic nitrogens is 4. The molecule has 4 heterocycles. The second kappa shape index (κ2) is 9.81. The molecule has 10 heteroatoms. The molecule has 0 N–H and O–H groups in total. The fraction of sp³-hybridized carbons (Fsp3) is 0.357. The number of pyridine rings is 2. The second-order valence-corrected chi connectivity index (χ2v) is 9.78. The predicted molar refractivity (Wildman–Crippen MR) is 137 cm³/mol. The third-order valence-electron chi connectivity index (χ3n) is 7.28. The van der Waals surface area contributed by atoms with Crippen molar-refractivity contribution in [3.8, 4) is 0 Å². The van der Waals surface area contributed by atoms with E-state index in [0.717, 1.165) is 11.6 Å². The SMILES string of the molecule is Cc1cnc2c(C)c(C3CCN(c4c(C)cccc4F)CC3)c(=O)n(Cc3ncccc3C(F)(F)F)c2n1. The van der Waals surface area contributed by atoms with Gasteiger partial charge in [0.05, 0.1) is 29.2 Å². The number of para-hydroxylation sites is 1. The van der Waals surface area contributed by atoms with Crippen molar-refractivity contribution in [3.05, 3.63) is 92.5 Å². The van der Waals surface area contributed by atoms with Crippen molar-refractivity contribution >= 4 is 16.9 Å². The van der Waals surface area contributed by atoms with Crippen molar-refractivity contribution in [3.63, 3.8) is 0 Å². The third kappa shape index (κ3) is 4.63. The molecule has 1 aliphatic rings. The summed E-state index contributed by atoms with van der Waals surface area (Å²) >= 11 is 0. The molecular weight excluding hydrogens is 498 g/mol. The van der Waals surface area contributed by atoms with Gasteiger partial charge in [0.15, 0.2) is 5.65 Å². The number of piperidine rings is 1.